The van der Waals surface area contributed by atoms with Crippen LogP contribution in [0.3, 0.4) is 0 Å². The molecule has 36 heavy (non-hydrogen) atoms. The van der Waals surface area contributed by atoms with Gasteiger partial charge >= 0.3 is 0 Å². The number of carbonyl (C=O) groups is 1. The third kappa shape index (κ3) is 4.28. The Balaban J connectivity index is 1.68. The van der Waals surface area contributed by atoms with Gasteiger partial charge in [-0.2, -0.15) is 0 Å². The molecular weight excluding hydrogens is 522 g/mol. The summed E-state index contributed by atoms with van der Waals surface area (Å²) in [4.78, 5) is 29.1. The van der Waals surface area contributed by atoms with Crippen LogP contribution in [0.2, 0.25) is 0 Å². The van der Waals surface area contributed by atoms with Gasteiger partial charge < -0.3 is 13.9 Å². The number of hydrogen-bond donors (Lipinski definition) is 0. The van der Waals surface area contributed by atoms with E-state index >= 15 is 0 Å². The van der Waals surface area contributed by atoms with Crippen LogP contribution in [0.1, 0.15) is 48.0 Å². The predicted molar refractivity (Wildman–Crippen MR) is 143 cm³/mol. The molecule has 0 N–H and O–H groups in total. The molecule has 7 heteroatoms. The third-order valence-corrected chi connectivity index (χ3v) is 6.81. The number of fused-ring (bicyclic) bond motifs is 2. The number of hydrogen-bond acceptors (Lipinski definition) is 5. The summed E-state index contributed by atoms with van der Waals surface area (Å²) in [6, 6.07) is 19.3. The Kier molecular flexibility index (Phi) is 6.58. The second-order valence-corrected chi connectivity index (χ2v) is 10.1. The van der Waals surface area contributed by atoms with Crippen molar-refractivity contribution in [2.45, 2.75) is 26.3 Å². The second kappa shape index (κ2) is 9.82. The fourth-order valence-electron chi connectivity index (χ4n) is 4.51. The van der Waals surface area contributed by atoms with Crippen molar-refractivity contribution in [2.24, 2.45) is 5.92 Å². The number of rotatable bonds is 7. The largest absolute Gasteiger partial charge is 0.493 e. The highest BCUT2D eigenvalue weighted by atomic mass is 79.9. The van der Waals surface area contributed by atoms with E-state index in [4.69, 9.17) is 13.9 Å². The summed E-state index contributed by atoms with van der Waals surface area (Å²) in [5, 5.41) is 0.436. The molecule has 6 nitrogen and oxygen atoms in total. The Labute approximate surface area is 217 Å². The number of amides is 1. The number of benzene rings is 3. The molecule has 3 aromatic carbocycles. The molecule has 0 radical (unpaired) electrons. The first-order valence-corrected chi connectivity index (χ1v) is 12.6. The lowest BCUT2D eigenvalue weighted by molar-refractivity contribution is 0.0971. The van der Waals surface area contributed by atoms with Gasteiger partial charge in [-0.05, 0) is 60.4 Å². The van der Waals surface area contributed by atoms with E-state index in [2.05, 4.69) is 29.8 Å². The average molecular weight is 548 g/mol. The molecular formula is C29H26BrNO5. The minimum atomic E-state index is -0.693. The van der Waals surface area contributed by atoms with E-state index < -0.39 is 6.04 Å². The van der Waals surface area contributed by atoms with Crippen LogP contribution >= 0.6 is 15.9 Å². The van der Waals surface area contributed by atoms with Crippen molar-refractivity contribution in [1.82, 2.24) is 0 Å². The lowest BCUT2D eigenvalue weighted by Crippen LogP contribution is -2.29. The number of nitrogens with zero attached hydrogens (tertiary/aromatic N) is 1. The van der Waals surface area contributed by atoms with Crippen LogP contribution in [-0.2, 0) is 0 Å². The first-order valence-electron chi connectivity index (χ1n) is 11.8. The van der Waals surface area contributed by atoms with E-state index in [1.54, 1.807) is 36.3 Å². The highest BCUT2D eigenvalue weighted by Gasteiger charge is 2.44. The molecule has 1 atom stereocenters. The summed E-state index contributed by atoms with van der Waals surface area (Å²) < 4.78 is 18.5. The Morgan fingerprint density at radius 2 is 1.81 bits per heavy atom. The van der Waals surface area contributed by atoms with E-state index in [-0.39, 0.29) is 17.1 Å². The van der Waals surface area contributed by atoms with Crippen LogP contribution < -0.4 is 19.8 Å². The number of anilines is 1. The normalized spacial score (nSPS) is 15.0. The molecule has 4 aromatic rings. The van der Waals surface area contributed by atoms with Gasteiger partial charge in [-0.25, -0.2) is 0 Å². The van der Waals surface area contributed by atoms with E-state index in [9.17, 15) is 9.59 Å². The van der Waals surface area contributed by atoms with Gasteiger partial charge in [0.2, 0.25) is 5.76 Å². The smallest absolute Gasteiger partial charge is 0.295 e. The Morgan fingerprint density at radius 3 is 2.56 bits per heavy atom. The third-order valence-electron chi connectivity index (χ3n) is 6.32. The monoisotopic (exact) mass is 547 g/mol. The quantitative estimate of drug-likeness (QED) is 0.256. The van der Waals surface area contributed by atoms with Gasteiger partial charge in [-0.3, -0.25) is 14.5 Å². The van der Waals surface area contributed by atoms with Crippen molar-refractivity contribution < 1.29 is 18.7 Å². The number of ether oxygens (including phenoxy) is 2. The molecule has 2 heterocycles. The van der Waals surface area contributed by atoms with E-state index in [0.717, 1.165) is 16.5 Å². The summed E-state index contributed by atoms with van der Waals surface area (Å²) in [5.74, 6) is 1.36. The van der Waals surface area contributed by atoms with Crippen LogP contribution in [0.15, 0.2) is 80.4 Å². The molecule has 1 aromatic heterocycles. The molecule has 1 unspecified atom stereocenters. The number of halogens is 1. The molecule has 1 aliphatic heterocycles. The Bertz CT molecular complexity index is 1510. The molecule has 184 valence electrons. The van der Waals surface area contributed by atoms with Crippen LogP contribution in [0.25, 0.3) is 11.0 Å². The maximum Gasteiger partial charge on any atom is 0.295 e. The zero-order valence-corrected chi connectivity index (χ0v) is 21.9. The van der Waals surface area contributed by atoms with Crippen molar-refractivity contribution in [3.8, 4) is 11.5 Å². The Hall–Kier alpha value is -3.58. The number of methoxy groups -OCH3 is 1. The van der Waals surface area contributed by atoms with Crippen LogP contribution in [0.5, 0.6) is 11.5 Å². The molecule has 0 aliphatic carbocycles. The first kappa shape index (κ1) is 24.1. The lowest BCUT2D eigenvalue weighted by Gasteiger charge is -2.26. The number of carbonyl (C=O) groups excluding carboxylic acids is 1. The minimum absolute atomic E-state index is 0.0555. The molecule has 0 saturated heterocycles. The van der Waals surface area contributed by atoms with E-state index in [1.807, 2.05) is 42.5 Å². The SMILES string of the molecule is COc1cc(C2c3c(oc4ccccc4c3=O)C(=O)N2c2cccc(Br)c2)ccc1OCCC(C)C. The molecule has 1 amide bonds. The van der Waals surface area contributed by atoms with Gasteiger partial charge in [0.15, 0.2) is 16.9 Å². The van der Waals surface area contributed by atoms with Gasteiger partial charge in [0.1, 0.15) is 5.58 Å². The van der Waals surface area contributed by atoms with Gasteiger partial charge in [-0.15, -0.1) is 0 Å². The van der Waals surface area contributed by atoms with Crippen LogP contribution in [-0.4, -0.2) is 19.6 Å². The predicted octanol–water partition coefficient (Wildman–Crippen LogP) is 6.74. The number of para-hydroxylation sites is 1. The molecule has 1 aliphatic rings. The molecule has 5 rings (SSSR count). The minimum Gasteiger partial charge on any atom is -0.493 e. The second-order valence-electron chi connectivity index (χ2n) is 9.17. The first-order chi connectivity index (χ1) is 17.4. The summed E-state index contributed by atoms with van der Waals surface area (Å²) in [6.07, 6.45) is 0.917. The van der Waals surface area contributed by atoms with Gasteiger partial charge in [-0.1, -0.05) is 54.0 Å². The fraction of sp³-hybridized carbons (Fsp3) is 0.241. The highest BCUT2D eigenvalue weighted by Crippen LogP contribution is 2.43. The topological polar surface area (TPSA) is 69.0 Å². The summed E-state index contributed by atoms with van der Waals surface area (Å²) in [5.41, 5.74) is 1.84. The van der Waals surface area contributed by atoms with Crippen molar-refractivity contribution in [3.05, 3.63) is 98.3 Å². The maximum atomic E-state index is 13.7. The molecule has 0 bridgehead atoms. The zero-order chi connectivity index (χ0) is 25.4. The molecule has 0 spiro atoms. The Morgan fingerprint density at radius 1 is 1.00 bits per heavy atom. The standard InChI is InChI=1S/C29H26BrNO5/c1-17(2)13-14-35-23-12-11-18(15-24(23)34-3)26-25-27(32)21-9-4-5-10-22(21)36-28(25)29(33)31(26)20-8-6-7-19(30)16-20/h4-12,15-17,26H,13-14H2,1-3H3. The van der Waals surface area contributed by atoms with Gasteiger partial charge in [0.25, 0.3) is 5.91 Å². The van der Waals surface area contributed by atoms with E-state index in [1.165, 1.54) is 0 Å². The summed E-state index contributed by atoms with van der Waals surface area (Å²) in [6.45, 7) is 4.85. The van der Waals surface area contributed by atoms with Gasteiger partial charge in [0, 0.05) is 10.2 Å². The zero-order valence-electron chi connectivity index (χ0n) is 20.3. The molecule has 0 fully saturated rings. The van der Waals surface area contributed by atoms with Crippen molar-refractivity contribution in [2.75, 3.05) is 18.6 Å². The fourth-order valence-corrected chi connectivity index (χ4v) is 4.89. The van der Waals surface area contributed by atoms with Crippen molar-refractivity contribution in [1.29, 1.82) is 0 Å². The van der Waals surface area contributed by atoms with Gasteiger partial charge in [0.05, 0.1) is 30.7 Å². The van der Waals surface area contributed by atoms with Crippen molar-refractivity contribution >= 4 is 38.5 Å². The van der Waals surface area contributed by atoms with Crippen molar-refractivity contribution in [3.63, 3.8) is 0 Å². The average Bonchev–Trinajstić information content (AvgIpc) is 3.16. The lowest BCUT2D eigenvalue weighted by atomic mass is 9.97. The van der Waals surface area contributed by atoms with E-state index in [0.29, 0.717) is 46.2 Å². The summed E-state index contributed by atoms with van der Waals surface area (Å²) in [7, 11) is 1.58. The molecule has 0 saturated carbocycles. The van der Waals surface area contributed by atoms with Crippen LogP contribution in [0.4, 0.5) is 5.69 Å². The van der Waals surface area contributed by atoms with Crippen LogP contribution in [0, 0.1) is 5.92 Å². The summed E-state index contributed by atoms with van der Waals surface area (Å²) >= 11 is 3.50. The maximum absolute atomic E-state index is 13.7. The highest BCUT2D eigenvalue weighted by molar-refractivity contribution is 9.10.